The van der Waals surface area contributed by atoms with Gasteiger partial charge in [0.1, 0.15) is 0 Å². The van der Waals surface area contributed by atoms with Crippen LogP contribution >= 0.6 is 11.3 Å². The summed E-state index contributed by atoms with van der Waals surface area (Å²) in [5.74, 6) is 0.654. The van der Waals surface area contributed by atoms with Crippen LogP contribution < -0.4 is 11.1 Å². The van der Waals surface area contributed by atoms with Gasteiger partial charge in [-0.25, -0.2) is 0 Å². The average Bonchev–Trinajstić information content (AvgIpc) is 2.97. The van der Waals surface area contributed by atoms with Crippen LogP contribution in [0.15, 0.2) is 17.5 Å². The van der Waals surface area contributed by atoms with Crippen LogP contribution in [-0.2, 0) is 4.79 Å². The van der Waals surface area contributed by atoms with E-state index in [1.54, 1.807) is 11.3 Å². The summed E-state index contributed by atoms with van der Waals surface area (Å²) in [6.45, 7) is 3.78. The van der Waals surface area contributed by atoms with Crippen molar-refractivity contribution in [3.63, 3.8) is 0 Å². The van der Waals surface area contributed by atoms with Gasteiger partial charge in [0.15, 0.2) is 0 Å². The molecule has 3 nitrogen and oxygen atoms in total. The first-order chi connectivity index (χ1) is 8.96. The Hall–Kier alpha value is -0.870. The summed E-state index contributed by atoms with van der Waals surface area (Å²) in [6, 6.07) is 4.36. The quantitative estimate of drug-likeness (QED) is 0.870. The van der Waals surface area contributed by atoms with Crippen molar-refractivity contribution in [3.05, 3.63) is 22.4 Å². The maximum atomic E-state index is 12.1. The molecule has 1 atom stereocenters. The summed E-state index contributed by atoms with van der Waals surface area (Å²) in [4.78, 5) is 13.4. The molecule has 1 saturated carbocycles. The highest BCUT2D eigenvalue weighted by atomic mass is 32.1. The second-order valence-corrected chi connectivity index (χ2v) is 7.25. The zero-order valence-electron chi connectivity index (χ0n) is 11.8. The average molecular weight is 280 g/mol. The van der Waals surface area contributed by atoms with Gasteiger partial charge in [-0.2, -0.15) is 0 Å². The summed E-state index contributed by atoms with van der Waals surface area (Å²) in [6.07, 6.45) is 5.38. The van der Waals surface area contributed by atoms with Crippen molar-refractivity contribution in [2.45, 2.75) is 57.5 Å². The number of nitrogens with two attached hydrogens (primary N) is 1. The highest BCUT2D eigenvalue weighted by Gasteiger charge is 2.29. The molecule has 1 heterocycles. The van der Waals surface area contributed by atoms with Gasteiger partial charge in [0.25, 0.3) is 0 Å². The summed E-state index contributed by atoms with van der Waals surface area (Å²) in [5.41, 5.74) is 5.48. The zero-order valence-corrected chi connectivity index (χ0v) is 12.6. The van der Waals surface area contributed by atoms with Gasteiger partial charge in [0.2, 0.25) is 5.91 Å². The van der Waals surface area contributed by atoms with Gasteiger partial charge in [0.05, 0.1) is 6.04 Å². The molecule has 1 fully saturated rings. The third kappa shape index (κ3) is 4.32. The Kier molecular flexibility index (Phi) is 4.63. The molecule has 1 aliphatic rings. The third-order valence-electron chi connectivity index (χ3n) is 3.65. The lowest BCUT2D eigenvalue weighted by atomic mass is 9.95. The van der Waals surface area contributed by atoms with E-state index < -0.39 is 5.54 Å². The Morgan fingerprint density at radius 3 is 2.74 bits per heavy atom. The second-order valence-electron chi connectivity index (χ2n) is 6.27. The molecule has 2 rings (SSSR count). The largest absolute Gasteiger partial charge is 0.348 e. The van der Waals surface area contributed by atoms with E-state index in [2.05, 4.69) is 22.8 Å². The lowest BCUT2D eigenvalue weighted by molar-refractivity contribution is -0.123. The van der Waals surface area contributed by atoms with Crippen molar-refractivity contribution in [3.8, 4) is 0 Å². The van der Waals surface area contributed by atoms with Gasteiger partial charge in [0, 0.05) is 16.8 Å². The van der Waals surface area contributed by atoms with Crippen molar-refractivity contribution in [1.82, 2.24) is 5.32 Å². The van der Waals surface area contributed by atoms with Crippen LogP contribution in [0.25, 0.3) is 0 Å². The van der Waals surface area contributed by atoms with Gasteiger partial charge in [-0.1, -0.05) is 18.9 Å². The van der Waals surface area contributed by atoms with E-state index in [0.29, 0.717) is 12.3 Å². The third-order valence-corrected chi connectivity index (χ3v) is 4.61. The molecule has 0 aromatic carbocycles. The molecule has 106 valence electrons. The van der Waals surface area contributed by atoms with Crippen molar-refractivity contribution in [2.75, 3.05) is 0 Å². The minimum atomic E-state index is -0.445. The molecular weight excluding hydrogens is 256 g/mol. The molecule has 0 saturated heterocycles. The van der Waals surface area contributed by atoms with Crippen LogP contribution in [0, 0.1) is 5.92 Å². The molecule has 0 bridgehead atoms. The summed E-state index contributed by atoms with van der Waals surface area (Å²) in [7, 11) is 0. The Bertz CT molecular complexity index is 402. The molecule has 0 spiro atoms. The number of amides is 1. The summed E-state index contributed by atoms with van der Waals surface area (Å²) < 4.78 is 0. The first-order valence-electron chi connectivity index (χ1n) is 7.07. The number of nitrogens with one attached hydrogen (secondary N) is 1. The van der Waals surface area contributed by atoms with E-state index in [0.717, 1.165) is 0 Å². The van der Waals surface area contributed by atoms with E-state index in [1.807, 2.05) is 13.8 Å². The standard InChI is InChI=1S/C15H24N2OS/c1-15(2,16)10-13(18)17-14(11-6-3-4-7-11)12-8-5-9-19-12/h5,8-9,11,14H,3-4,6-7,10,16H2,1-2H3,(H,17,18). The van der Waals surface area contributed by atoms with Gasteiger partial charge in [-0.05, 0) is 44.1 Å². The molecule has 1 amide bonds. The predicted molar refractivity (Wildman–Crippen MR) is 80.0 cm³/mol. The molecular formula is C15H24N2OS. The van der Waals surface area contributed by atoms with Crippen molar-refractivity contribution in [2.24, 2.45) is 11.7 Å². The van der Waals surface area contributed by atoms with Gasteiger partial charge in [-0.3, -0.25) is 4.79 Å². The fourth-order valence-electron chi connectivity index (χ4n) is 2.82. The maximum Gasteiger partial charge on any atom is 0.222 e. The molecule has 19 heavy (non-hydrogen) atoms. The van der Waals surface area contributed by atoms with Crippen LogP contribution in [0.1, 0.15) is 56.9 Å². The van der Waals surface area contributed by atoms with Crippen LogP contribution in [0.5, 0.6) is 0 Å². The number of rotatable bonds is 5. The SMILES string of the molecule is CC(C)(N)CC(=O)NC(c1cccs1)C1CCCC1. The number of thiophene rings is 1. The van der Waals surface area contributed by atoms with Crippen molar-refractivity contribution in [1.29, 1.82) is 0 Å². The molecule has 1 unspecified atom stereocenters. The fraction of sp³-hybridized carbons (Fsp3) is 0.667. The minimum absolute atomic E-state index is 0.0674. The Morgan fingerprint density at radius 2 is 2.21 bits per heavy atom. The summed E-state index contributed by atoms with van der Waals surface area (Å²) in [5, 5.41) is 5.29. The van der Waals surface area contributed by atoms with E-state index in [4.69, 9.17) is 5.73 Å². The van der Waals surface area contributed by atoms with Gasteiger partial charge >= 0.3 is 0 Å². The molecule has 0 radical (unpaired) electrons. The van der Waals surface area contributed by atoms with Crippen molar-refractivity contribution >= 4 is 17.2 Å². The smallest absolute Gasteiger partial charge is 0.222 e. The van der Waals surface area contributed by atoms with Gasteiger partial charge in [-0.15, -0.1) is 11.3 Å². The zero-order chi connectivity index (χ0) is 13.9. The number of carbonyl (C=O) groups is 1. The summed E-state index contributed by atoms with van der Waals surface area (Å²) >= 11 is 1.73. The molecule has 1 aromatic heterocycles. The van der Waals surface area contributed by atoms with Crippen LogP contribution in [-0.4, -0.2) is 11.4 Å². The van der Waals surface area contributed by atoms with E-state index in [-0.39, 0.29) is 11.9 Å². The van der Waals surface area contributed by atoms with E-state index in [9.17, 15) is 4.79 Å². The monoisotopic (exact) mass is 280 g/mol. The number of hydrogen-bond acceptors (Lipinski definition) is 3. The van der Waals surface area contributed by atoms with Crippen LogP contribution in [0.4, 0.5) is 0 Å². The normalized spacial score (nSPS) is 18.5. The molecule has 4 heteroatoms. The minimum Gasteiger partial charge on any atom is -0.348 e. The highest BCUT2D eigenvalue weighted by Crippen LogP contribution is 2.37. The first kappa shape index (κ1) is 14.5. The van der Waals surface area contributed by atoms with E-state index >= 15 is 0 Å². The number of carbonyl (C=O) groups excluding carboxylic acids is 1. The highest BCUT2D eigenvalue weighted by molar-refractivity contribution is 7.10. The second kappa shape index (κ2) is 6.06. The Morgan fingerprint density at radius 1 is 1.53 bits per heavy atom. The van der Waals surface area contributed by atoms with Crippen LogP contribution in [0.2, 0.25) is 0 Å². The Balaban J connectivity index is 2.04. The molecule has 0 aliphatic heterocycles. The van der Waals surface area contributed by atoms with Crippen molar-refractivity contribution < 1.29 is 4.79 Å². The lowest BCUT2D eigenvalue weighted by Crippen LogP contribution is -2.41. The Labute approximate surface area is 119 Å². The van der Waals surface area contributed by atoms with Gasteiger partial charge < -0.3 is 11.1 Å². The number of hydrogen-bond donors (Lipinski definition) is 2. The maximum absolute atomic E-state index is 12.1. The molecule has 1 aliphatic carbocycles. The molecule has 3 N–H and O–H groups in total. The fourth-order valence-corrected chi connectivity index (χ4v) is 3.69. The lowest BCUT2D eigenvalue weighted by Gasteiger charge is -2.26. The molecule has 1 aromatic rings. The van der Waals surface area contributed by atoms with Crippen LogP contribution in [0.3, 0.4) is 0 Å². The topological polar surface area (TPSA) is 55.1 Å². The first-order valence-corrected chi connectivity index (χ1v) is 7.95. The van der Waals surface area contributed by atoms with E-state index in [1.165, 1.54) is 30.6 Å². The predicted octanol–water partition coefficient (Wildman–Crippen LogP) is 3.22.